The molecular formula is C17H18N4. The summed E-state index contributed by atoms with van der Waals surface area (Å²) in [5.74, 6) is 0. The zero-order chi connectivity index (χ0) is 14.1. The van der Waals surface area contributed by atoms with Crippen LogP contribution in [0.4, 0.5) is 5.69 Å². The molecule has 2 aromatic carbocycles. The van der Waals surface area contributed by atoms with Crippen LogP contribution in [0.1, 0.15) is 0 Å². The Balaban J connectivity index is 1.86. The predicted molar refractivity (Wildman–Crippen MR) is 86.6 cm³/mol. The smallest absolute Gasteiger partial charge is 0.0656 e. The van der Waals surface area contributed by atoms with E-state index in [1.165, 1.54) is 22.2 Å². The molecule has 4 heteroatoms. The Kier molecular flexibility index (Phi) is 3.09. The second-order valence-electron chi connectivity index (χ2n) is 5.39. The minimum absolute atomic E-state index is 1.05. The molecule has 1 aliphatic heterocycles. The van der Waals surface area contributed by atoms with Gasteiger partial charge in [0.2, 0.25) is 0 Å². The third-order valence-electron chi connectivity index (χ3n) is 4.14. The molecule has 21 heavy (non-hydrogen) atoms. The molecular weight excluding hydrogens is 260 g/mol. The highest BCUT2D eigenvalue weighted by Crippen LogP contribution is 2.34. The SMILES string of the molecule is c1ccc(N2CCNCC2)c(-c2cccc3[nH]ncc23)c1. The molecule has 0 saturated carbocycles. The molecule has 1 aliphatic rings. The highest BCUT2D eigenvalue weighted by molar-refractivity contribution is 5.97. The van der Waals surface area contributed by atoms with Gasteiger partial charge in [-0.25, -0.2) is 0 Å². The number of hydrogen-bond donors (Lipinski definition) is 2. The number of para-hydroxylation sites is 1. The van der Waals surface area contributed by atoms with Gasteiger partial charge in [-0.3, -0.25) is 5.10 Å². The molecule has 0 atom stereocenters. The number of hydrogen-bond acceptors (Lipinski definition) is 3. The summed E-state index contributed by atoms with van der Waals surface area (Å²) < 4.78 is 0. The molecule has 0 unspecified atom stereocenters. The highest BCUT2D eigenvalue weighted by atomic mass is 15.2. The number of H-pyrrole nitrogens is 1. The third-order valence-corrected chi connectivity index (χ3v) is 4.14. The van der Waals surface area contributed by atoms with Crippen molar-refractivity contribution >= 4 is 16.6 Å². The summed E-state index contributed by atoms with van der Waals surface area (Å²) in [7, 11) is 0. The van der Waals surface area contributed by atoms with Crippen molar-refractivity contribution in [1.82, 2.24) is 15.5 Å². The van der Waals surface area contributed by atoms with Gasteiger partial charge in [0.05, 0.1) is 11.7 Å². The molecule has 106 valence electrons. The normalized spacial score (nSPS) is 15.5. The molecule has 0 radical (unpaired) electrons. The third kappa shape index (κ3) is 2.17. The molecule has 2 heterocycles. The Bertz CT molecular complexity index is 756. The van der Waals surface area contributed by atoms with Crippen LogP contribution in [-0.2, 0) is 0 Å². The second-order valence-corrected chi connectivity index (χ2v) is 5.39. The summed E-state index contributed by atoms with van der Waals surface area (Å²) in [6.45, 7) is 4.20. The fourth-order valence-corrected chi connectivity index (χ4v) is 3.09. The minimum atomic E-state index is 1.05. The van der Waals surface area contributed by atoms with E-state index in [4.69, 9.17) is 0 Å². The van der Waals surface area contributed by atoms with Gasteiger partial charge in [-0.2, -0.15) is 5.10 Å². The number of nitrogens with one attached hydrogen (secondary N) is 2. The lowest BCUT2D eigenvalue weighted by molar-refractivity contribution is 0.589. The lowest BCUT2D eigenvalue weighted by atomic mass is 9.99. The highest BCUT2D eigenvalue weighted by Gasteiger charge is 2.16. The van der Waals surface area contributed by atoms with Crippen LogP contribution in [0.25, 0.3) is 22.0 Å². The van der Waals surface area contributed by atoms with Gasteiger partial charge < -0.3 is 10.2 Å². The van der Waals surface area contributed by atoms with Crippen LogP contribution >= 0.6 is 0 Å². The van der Waals surface area contributed by atoms with E-state index < -0.39 is 0 Å². The van der Waals surface area contributed by atoms with Gasteiger partial charge in [0.1, 0.15) is 0 Å². The Morgan fingerprint density at radius 3 is 2.62 bits per heavy atom. The van der Waals surface area contributed by atoms with E-state index in [-0.39, 0.29) is 0 Å². The number of rotatable bonds is 2. The van der Waals surface area contributed by atoms with Gasteiger partial charge in [0.15, 0.2) is 0 Å². The lowest BCUT2D eigenvalue weighted by Crippen LogP contribution is -2.43. The Morgan fingerprint density at radius 2 is 1.71 bits per heavy atom. The number of benzene rings is 2. The van der Waals surface area contributed by atoms with Gasteiger partial charge in [0.25, 0.3) is 0 Å². The van der Waals surface area contributed by atoms with Crippen LogP contribution in [0.15, 0.2) is 48.7 Å². The van der Waals surface area contributed by atoms with Crippen LogP contribution in [0.3, 0.4) is 0 Å². The first kappa shape index (κ1) is 12.4. The number of nitrogens with zero attached hydrogens (tertiary/aromatic N) is 2. The molecule has 0 aliphatic carbocycles. The van der Waals surface area contributed by atoms with Gasteiger partial charge >= 0.3 is 0 Å². The number of fused-ring (bicyclic) bond motifs is 1. The Labute approximate surface area is 123 Å². The molecule has 1 aromatic heterocycles. The van der Waals surface area contributed by atoms with Crippen LogP contribution in [-0.4, -0.2) is 36.4 Å². The van der Waals surface area contributed by atoms with E-state index in [9.17, 15) is 0 Å². The molecule has 1 fully saturated rings. The zero-order valence-electron chi connectivity index (χ0n) is 11.8. The first-order valence-electron chi connectivity index (χ1n) is 7.41. The topological polar surface area (TPSA) is 44.0 Å². The monoisotopic (exact) mass is 278 g/mol. The lowest BCUT2D eigenvalue weighted by Gasteiger charge is -2.31. The fourth-order valence-electron chi connectivity index (χ4n) is 3.09. The summed E-state index contributed by atoms with van der Waals surface area (Å²) in [4.78, 5) is 2.46. The summed E-state index contributed by atoms with van der Waals surface area (Å²) in [5, 5.41) is 11.8. The van der Waals surface area contributed by atoms with Crippen LogP contribution in [0.5, 0.6) is 0 Å². The zero-order valence-corrected chi connectivity index (χ0v) is 11.8. The molecule has 4 rings (SSSR count). The quantitative estimate of drug-likeness (QED) is 0.757. The summed E-state index contributed by atoms with van der Waals surface area (Å²) in [5.41, 5.74) is 4.93. The van der Waals surface area contributed by atoms with E-state index in [0.717, 1.165) is 31.7 Å². The second kappa shape index (κ2) is 5.22. The van der Waals surface area contributed by atoms with Crippen molar-refractivity contribution in [3.8, 4) is 11.1 Å². The van der Waals surface area contributed by atoms with Crippen molar-refractivity contribution in [2.24, 2.45) is 0 Å². The van der Waals surface area contributed by atoms with Crippen molar-refractivity contribution in [2.45, 2.75) is 0 Å². The standard InChI is InChI=1S/C17H18N4/c1-2-7-17(21-10-8-18-9-11-21)14(4-1)13-5-3-6-16-15(13)12-19-20-16/h1-7,12,18H,8-11H2,(H,19,20). The fraction of sp³-hybridized carbons (Fsp3) is 0.235. The number of piperazine rings is 1. The van der Waals surface area contributed by atoms with E-state index in [0.29, 0.717) is 0 Å². The maximum atomic E-state index is 4.18. The maximum absolute atomic E-state index is 4.18. The largest absolute Gasteiger partial charge is 0.368 e. The van der Waals surface area contributed by atoms with Crippen molar-refractivity contribution < 1.29 is 0 Å². The average Bonchev–Trinajstić information content (AvgIpc) is 3.04. The molecule has 1 saturated heterocycles. The molecule has 0 bridgehead atoms. The van der Waals surface area contributed by atoms with Crippen molar-refractivity contribution in [3.63, 3.8) is 0 Å². The molecule has 4 nitrogen and oxygen atoms in total. The van der Waals surface area contributed by atoms with E-state index >= 15 is 0 Å². The first-order chi connectivity index (χ1) is 10.4. The summed E-state index contributed by atoms with van der Waals surface area (Å²) >= 11 is 0. The number of aromatic amines is 1. The first-order valence-corrected chi connectivity index (χ1v) is 7.41. The number of aromatic nitrogens is 2. The van der Waals surface area contributed by atoms with E-state index in [1.807, 2.05) is 6.20 Å². The molecule has 2 N–H and O–H groups in total. The molecule has 3 aromatic rings. The van der Waals surface area contributed by atoms with Crippen molar-refractivity contribution in [3.05, 3.63) is 48.7 Å². The van der Waals surface area contributed by atoms with Gasteiger partial charge in [-0.05, 0) is 17.7 Å². The van der Waals surface area contributed by atoms with E-state index in [1.54, 1.807) is 0 Å². The van der Waals surface area contributed by atoms with Gasteiger partial charge in [-0.1, -0.05) is 30.3 Å². The summed E-state index contributed by atoms with van der Waals surface area (Å²) in [6, 6.07) is 15.0. The van der Waals surface area contributed by atoms with Gasteiger partial charge in [-0.15, -0.1) is 0 Å². The predicted octanol–water partition coefficient (Wildman–Crippen LogP) is 2.64. The maximum Gasteiger partial charge on any atom is 0.0656 e. The average molecular weight is 278 g/mol. The van der Waals surface area contributed by atoms with Gasteiger partial charge in [0, 0.05) is 42.8 Å². The Morgan fingerprint density at radius 1 is 0.905 bits per heavy atom. The molecule has 0 spiro atoms. The van der Waals surface area contributed by atoms with Crippen LogP contribution < -0.4 is 10.2 Å². The van der Waals surface area contributed by atoms with Crippen molar-refractivity contribution in [1.29, 1.82) is 0 Å². The van der Waals surface area contributed by atoms with Crippen LogP contribution in [0.2, 0.25) is 0 Å². The Hall–Kier alpha value is -2.33. The minimum Gasteiger partial charge on any atom is -0.368 e. The van der Waals surface area contributed by atoms with Crippen LogP contribution in [0, 0.1) is 0 Å². The van der Waals surface area contributed by atoms with Crippen molar-refractivity contribution in [2.75, 3.05) is 31.1 Å². The molecule has 0 amide bonds. The summed E-state index contributed by atoms with van der Waals surface area (Å²) in [6.07, 6.45) is 1.92. The van der Waals surface area contributed by atoms with E-state index in [2.05, 4.69) is 62.9 Å². The number of anilines is 1.